The molecule has 0 saturated carbocycles. The van der Waals surface area contributed by atoms with Gasteiger partial charge in [-0.15, -0.1) is 0 Å². The Morgan fingerprint density at radius 2 is 2.04 bits per heavy atom. The van der Waals surface area contributed by atoms with Gasteiger partial charge in [0.15, 0.2) is 6.61 Å². The minimum Gasteiger partial charge on any atom is -0.468 e. The normalized spacial score (nSPS) is 12.3. The number of nitrogens with zero attached hydrogens (tertiary/aromatic N) is 1. The zero-order chi connectivity index (χ0) is 19.9. The summed E-state index contributed by atoms with van der Waals surface area (Å²) in [5, 5.41) is 14.4. The smallest absolute Gasteiger partial charge is 0.422 e. The van der Waals surface area contributed by atoms with Crippen LogP contribution in [0.15, 0.2) is 42.6 Å². The van der Waals surface area contributed by atoms with E-state index >= 15 is 0 Å². The molecular weight excluding hydrogens is 370 g/mol. The zero-order valence-electron chi connectivity index (χ0n) is 14.0. The van der Waals surface area contributed by atoms with E-state index in [1.54, 1.807) is 18.2 Å². The second kappa shape index (κ2) is 9.17. The first kappa shape index (κ1) is 20.4. The van der Waals surface area contributed by atoms with E-state index in [4.69, 9.17) is 0 Å². The zero-order valence-corrected chi connectivity index (χ0v) is 14.0. The standard InChI is InChI=1S/C17H17F4N3O3/c18-8-11-2-1-3-13(6-11)23-16(26)24-14(9-25)12-4-5-22-15(7-12)27-10-17(19,20)21/h1-7,14,25H,8-10H2,(H2,23,24,26). The number of hydrogen-bond donors (Lipinski definition) is 3. The molecule has 0 bridgehead atoms. The molecule has 0 spiro atoms. The second-order valence-corrected chi connectivity index (χ2v) is 5.50. The maximum atomic E-state index is 12.7. The molecule has 6 nitrogen and oxygen atoms in total. The molecule has 2 amide bonds. The number of aliphatic hydroxyl groups is 1. The third-order valence-electron chi connectivity index (χ3n) is 3.37. The number of carbonyl (C=O) groups excluding carboxylic acids is 1. The number of aliphatic hydroxyl groups excluding tert-OH is 1. The van der Waals surface area contributed by atoms with Gasteiger partial charge in [-0.3, -0.25) is 0 Å². The van der Waals surface area contributed by atoms with Gasteiger partial charge >= 0.3 is 12.2 Å². The lowest BCUT2D eigenvalue weighted by atomic mass is 10.1. The van der Waals surface area contributed by atoms with Gasteiger partial charge in [0.05, 0.1) is 12.6 Å². The molecule has 0 aliphatic rings. The number of aromatic nitrogens is 1. The highest BCUT2D eigenvalue weighted by Gasteiger charge is 2.28. The van der Waals surface area contributed by atoms with E-state index in [0.29, 0.717) is 16.8 Å². The van der Waals surface area contributed by atoms with Crippen LogP contribution in [0.5, 0.6) is 5.88 Å². The molecule has 1 aromatic carbocycles. The van der Waals surface area contributed by atoms with Crippen LogP contribution in [0.1, 0.15) is 17.2 Å². The van der Waals surface area contributed by atoms with E-state index in [1.807, 2.05) is 0 Å². The summed E-state index contributed by atoms with van der Waals surface area (Å²) in [5.74, 6) is -0.291. The van der Waals surface area contributed by atoms with Crippen molar-refractivity contribution in [3.8, 4) is 5.88 Å². The van der Waals surface area contributed by atoms with Gasteiger partial charge in [-0.05, 0) is 29.3 Å². The molecule has 2 aromatic rings. The van der Waals surface area contributed by atoms with E-state index < -0.39 is 38.1 Å². The lowest BCUT2D eigenvalue weighted by Gasteiger charge is -2.18. The molecule has 1 heterocycles. The van der Waals surface area contributed by atoms with Gasteiger partial charge in [0.1, 0.15) is 6.67 Å². The Bertz CT molecular complexity index is 771. The lowest BCUT2D eigenvalue weighted by molar-refractivity contribution is -0.154. The number of alkyl halides is 4. The summed E-state index contributed by atoms with van der Waals surface area (Å²) >= 11 is 0. The van der Waals surface area contributed by atoms with E-state index in [0.717, 1.165) is 0 Å². The van der Waals surface area contributed by atoms with Crippen molar-refractivity contribution in [3.05, 3.63) is 53.7 Å². The third-order valence-corrected chi connectivity index (χ3v) is 3.37. The van der Waals surface area contributed by atoms with Gasteiger partial charge in [-0.2, -0.15) is 13.2 Å². The minimum absolute atomic E-state index is 0.291. The summed E-state index contributed by atoms with van der Waals surface area (Å²) in [5.41, 5.74) is 1.03. The van der Waals surface area contributed by atoms with Gasteiger partial charge in [0.2, 0.25) is 5.88 Å². The fourth-order valence-electron chi connectivity index (χ4n) is 2.17. The maximum Gasteiger partial charge on any atom is 0.422 e. The van der Waals surface area contributed by atoms with Crippen molar-refractivity contribution in [1.82, 2.24) is 10.3 Å². The van der Waals surface area contributed by atoms with Crippen molar-refractivity contribution >= 4 is 11.7 Å². The number of pyridine rings is 1. The van der Waals surface area contributed by atoms with Crippen LogP contribution in [0, 0.1) is 0 Å². The van der Waals surface area contributed by atoms with E-state index in [-0.39, 0.29) is 5.88 Å². The van der Waals surface area contributed by atoms with E-state index in [2.05, 4.69) is 20.4 Å². The number of hydrogen-bond acceptors (Lipinski definition) is 4. The molecule has 10 heteroatoms. The SMILES string of the molecule is O=C(Nc1cccc(CF)c1)NC(CO)c1ccnc(OCC(F)(F)F)c1. The number of benzene rings is 1. The van der Waals surface area contributed by atoms with Gasteiger partial charge in [0, 0.05) is 18.0 Å². The number of anilines is 1. The Balaban J connectivity index is 2.02. The van der Waals surface area contributed by atoms with Gasteiger partial charge in [0.25, 0.3) is 0 Å². The molecule has 2 rings (SSSR count). The molecule has 0 radical (unpaired) electrons. The van der Waals surface area contributed by atoms with Crippen molar-refractivity contribution in [2.24, 2.45) is 0 Å². The van der Waals surface area contributed by atoms with Crippen molar-refractivity contribution in [2.75, 3.05) is 18.5 Å². The van der Waals surface area contributed by atoms with E-state index in [9.17, 15) is 27.5 Å². The molecule has 1 atom stereocenters. The monoisotopic (exact) mass is 387 g/mol. The highest BCUT2D eigenvalue weighted by molar-refractivity contribution is 5.89. The van der Waals surface area contributed by atoms with Gasteiger partial charge < -0.3 is 20.5 Å². The molecule has 0 aliphatic heterocycles. The Morgan fingerprint density at radius 1 is 1.26 bits per heavy atom. The summed E-state index contributed by atoms with van der Waals surface area (Å²) in [6.45, 7) is -2.71. The van der Waals surface area contributed by atoms with Crippen molar-refractivity contribution < 1.29 is 32.2 Å². The Labute approximate surface area is 152 Å². The first-order chi connectivity index (χ1) is 12.8. The highest BCUT2D eigenvalue weighted by atomic mass is 19.4. The number of urea groups is 1. The number of nitrogens with one attached hydrogen (secondary N) is 2. The van der Waals surface area contributed by atoms with Gasteiger partial charge in [-0.25, -0.2) is 14.2 Å². The van der Waals surface area contributed by atoms with Crippen molar-refractivity contribution in [3.63, 3.8) is 0 Å². The largest absolute Gasteiger partial charge is 0.468 e. The number of halogens is 4. The average Bonchev–Trinajstić information content (AvgIpc) is 2.64. The fourth-order valence-corrected chi connectivity index (χ4v) is 2.17. The molecule has 1 unspecified atom stereocenters. The van der Waals surface area contributed by atoms with Crippen LogP contribution in [-0.4, -0.2) is 35.5 Å². The van der Waals surface area contributed by atoms with E-state index in [1.165, 1.54) is 24.4 Å². The number of ether oxygens (including phenoxy) is 1. The van der Waals surface area contributed by atoms with Crippen LogP contribution in [0.4, 0.5) is 28.0 Å². The topological polar surface area (TPSA) is 83.5 Å². The summed E-state index contributed by atoms with van der Waals surface area (Å²) in [7, 11) is 0. The lowest BCUT2D eigenvalue weighted by Crippen LogP contribution is -2.34. The molecular formula is C17H17F4N3O3. The van der Waals surface area contributed by atoms with Crippen LogP contribution >= 0.6 is 0 Å². The van der Waals surface area contributed by atoms with Gasteiger partial charge in [-0.1, -0.05) is 12.1 Å². The first-order valence-corrected chi connectivity index (χ1v) is 7.79. The second-order valence-electron chi connectivity index (χ2n) is 5.50. The molecule has 0 saturated heterocycles. The quantitative estimate of drug-likeness (QED) is 0.637. The highest BCUT2D eigenvalue weighted by Crippen LogP contribution is 2.20. The maximum absolute atomic E-state index is 12.7. The Hall–Kier alpha value is -2.88. The molecule has 0 aliphatic carbocycles. The van der Waals surface area contributed by atoms with Crippen LogP contribution in [-0.2, 0) is 6.67 Å². The summed E-state index contributed by atoms with van der Waals surface area (Å²) in [6, 6.07) is 7.15. The molecule has 3 N–H and O–H groups in total. The number of carbonyl (C=O) groups is 1. The molecule has 146 valence electrons. The van der Waals surface area contributed by atoms with Crippen LogP contribution in [0.3, 0.4) is 0 Å². The van der Waals surface area contributed by atoms with Crippen molar-refractivity contribution in [2.45, 2.75) is 18.9 Å². The number of amides is 2. The summed E-state index contributed by atoms with van der Waals surface area (Å²) in [4.78, 5) is 15.7. The van der Waals surface area contributed by atoms with Crippen LogP contribution in [0.2, 0.25) is 0 Å². The summed E-state index contributed by atoms with van der Waals surface area (Å²) in [6.07, 6.45) is -3.31. The molecule has 27 heavy (non-hydrogen) atoms. The average molecular weight is 387 g/mol. The van der Waals surface area contributed by atoms with Crippen molar-refractivity contribution in [1.29, 1.82) is 0 Å². The first-order valence-electron chi connectivity index (χ1n) is 7.79. The summed E-state index contributed by atoms with van der Waals surface area (Å²) < 4.78 is 53.9. The van der Waals surface area contributed by atoms with Crippen LogP contribution in [0.25, 0.3) is 0 Å². The van der Waals surface area contributed by atoms with Crippen LogP contribution < -0.4 is 15.4 Å². The Morgan fingerprint density at radius 3 is 2.70 bits per heavy atom. The molecule has 1 aromatic heterocycles. The third kappa shape index (κ3) is 6.74. The molecule has 0 fully saturated rings. The predicted octanol–water partition coefficient (Wildman–Crippen LogP) is 3.35. The fraction of sp³-hybridized carbons (Fsp3) is 0.294. The number of rotatable bonds is 7. The predicted molar refractivity (Wildman–Crippen MR) is 89.0 cm³/mol. The Kier molecular flexibility index (Phi) is 6.94. The minimum atomic E-state index is -4.51.